The molecule has 0 radical (unpaired) electrons. The van der Waals surface area contributed by atoms with Gasteiger partial charge in [0.2, 0.25) is 10.0 Å². The number of sulfonamides is 1. The van der Waals surface area contributed by atoms with E-state index in [0.717, 1.165) is 38.4 Å². The van der Waals surface area contributed by atoms with E-state index in [-0.39, 0.29) is 0 Å². The molecule has 1 aliphatic heterocycles. The highest BCUT2D eigenvalue weighted by molar-refractivity contribution is 7.88. The molecule has 0 spiro atoms. The summed E-state index contributed by atoms with van der Waals surface area (Å²) in [4.78, 5) is 6.96. The van der Waals surface area contributed by atoms with E-state index in [0.29, 0.717) is 19.0 Å². The lowest BCUT2D eigenvalue weighted by Crippen LogP contribution is -2.40. The topological polar surface area (TPSA) is 65.0 Å². The molecule has 1 aromatic carbocycles. The van der Waals surface area contributed by atoms with Crippen LogP contribution in [-0.2, 0) is 16.6 Å². The summed E-state index contributed by atoms with van der Waals surface area (Å²) in [6, 6.07) is 8.40. The first-order chi connectivity index (χ1) is 12.3. The van der Waals surface area contributed by atoms with Gasteiger partial charge in [-0.3, -0.25) is 4.99 Å². The smallest absolute Gasteiger partial charge is 0.211 e. The van der Waals surface area contributed by atoms with Gasteiger partial charge in [-0.2, -0.15) is 0 Å². The van der Waals surface area contributed by atoms with Gasteiger partial charge in [0.15, 0.2) is 5.96 Å². The Morgan fingerprint density at radius 3 is 2.54 bits per heavy atom. The lowest BCUT2D eigenvalue weighted by atomic mass is 9.98. The van der Waals surface area contributed by atoms with Crippen LogP contribution < -0.4 is 5.32 Å². The maximum Gasteiger partial charge on any atom is 0.211 e. The van der Waals surface area contributed by atoms with Gasteiger partial charge < -0.3 is 10.2 Å². The average Bonchev–Trinajstić information content (AvgIpc) is 2.60. The van der Waals surface area contributed by atoms with Crippen LogP contribution in [0.2, 0.25) is 0 Å². The van der Waals surface area contributed by atoms with Crippen LogP contribution in [0.3, 0.4) is 0 Å². The van der Waals surface area contributed by atoms with Crippen molar-refractivity contribution in [1.82, 2.24) is 14.5 Å². The number of rotatable bonds is 6. The Hall–Kier alpha value is -1.60. The van der Waals surface area contributed by atoms with E-state index in [9.17, 15) is 8.42 Å². The van der Waals surface area contributed by atoms with Crippen molar-refractivity contribution in [3.8, 4) is 0 Å². The first kappa shape index (κ1) is 20.7. The molecule has 0 bridgehead atoms. The predicted octanol–water partition coefficient (Wildman–Crippen LogP) is 2.06. The lowest BCUT2D eigenvalue weighted by Gasteiger charge is -2.30. The zero-order valence-electron chi connectivity index (χ0n) is 16.4. The van der Waals surface area contributed by atoms with Gasteiger partial charge in [-0.05, 0) is 43.7 Å². The number of hydrogen-bond donors (Lipinski definition) is 1. The summed E-state index contributed by atoms with van der Waals surface area (Å²) in [7, 11) is -1.01. The molecule has 0 aliphatic carbocycles. The van der Waals surface area contributed by atoms with Crippen LogP contribution in [0, 0.1) is 12.8 Å². The van der Waals surface area contributed by atoms with Crippen molar-refractivity contribution in [3.05, 3.63) is 35.4 Å². The molecule has 1 N–H and O–H groups in total. The maximum atomic E-state index is 11.6. The van der Waals surface area contributed by atoms with Crippen LogP contribution >= 0.6 is 0 Å². The van der Waals surface area contributed by atoms with E-state index in [4.69, 9.17) is 4.99 Å². The summed E-state index contributed by atoms with van der Waals surface area (Å²) in [6.07, 6.45) is 3.03. The van der Waals surface area contributed by atoms with Crippen molar-refractivity contribution in [2.75, 3.05) is 39.5 Å². The highest BCUT2D eigenvalue weighted by Gasteiger charge is 2.24. The maximum absolute atomic E-state index is 11.6. The van der Waals surface area contributed by atoms with E-state index < -0.39 is 10.0 Å². The zero-order chi connectivity index (χ0) is 19.2. The Balaban J connectivity index is 1.95. The molecule has 1 aliphatic rings. The van der Waals surface area contributed by atoms with Crippen molar-refractivity contribution in [2.45, 2.75) is 33.2 Å². The summed E-state index contributed by atoms with van der Waals surface area (Å²) < 4.78 is 24.8. The molecule has 0 aromatic heterocycles. The van der Waals surface area contributed by atoms with Gasteiger partial charge in [0.25, 0.3) is 0 Å². The lowest BCUT2D eigenvalue weighted by molar-refractivity contribution is 0.279. The van der Waals surface area contributed by atoms with Crippen LogP contribution in [-0.4, -0.2) is 63.1 Å². The summed E-state index contributed by atoms with van der Waals surface area (Å²) in [5.41, 5.74) is 2.57. The molecule has 0 amide bonds. The van der Waals surface area contributed by atoms with Gasteiger partial charge >= 0.3 is 0 Å². The second-order valence-corrected chi connectivity index (χ2v) is 9.07. The summed E-state index contributed by atoms with van der Waals surface area (Å²) in [5, 5.41) is 3.36. The third kappa shape index (κ3) is 5.99. The average molecular weight is 381 g/mol. The molecule has 0 atom stereocenters. The van der Waals surface area contributed by atoms with Crippen molar-refractivity contribution < 1.29 is 8.42 Å². The number of benzene rings is 1. The monoisotopic (exact) mass is 380 g/mol. The number of hydrogen-bond acceptors (Lipinski definition) is 3. The Morgan fingerprint density at radius 1 is 1.31 bits per heavy atom. The van der Waals surface area contributed by atoms with Crippen molar-refractivity contribution in [1.29, 1.82) is 0 Å². The molecular weight excluding hydrogens is 348 g/mol. The summed E-state index contributed by atoms with van der Waals surface area (Å²) in [6.45, 7) is 7.78. The number of aryl methyl sites for hydroxylation is 1. The molecule has 1 fully saturated rings. The van der Waals surface area contributed by atoms with E-state index in [1.54, 1.807) is 4.31 Å². The molecular formula is C19H32N4O2S. The van der Waals surface area contributed by atoms with Crippen LogP contribution in [0.1, 0.15) is 30.9 Å². The van der Waals surface area contributed by atoms with Crippen LogP contribution in [0.25, 0.3) is 0 Å². The van der Waals surface area contributed by atoms with Gasteiger partial charge in [0.05, 0.1) is 6.26 Å². The molecule has 0 unspecified atom stereocenters. The molecule has 7 heteroatoms. The quantitative estimate of drug-likeness (QED) is 0.606. The van der Waals surface area contributed by atoms with Gasteiger partial charge in [-0.25, -0.2) is 12.7 Å². The van der Waals surface area contributed by atoms with Crippen LogP contribution in [0.5, 0.6) is 0 Å². The number of piperidine rings is 1. The largest absolute Gasteiger partial charge is 0.357 e. The minimum absolute atomic E-state index is 0.438. The first-order valence-corrected chi connectivity index (χ1v) is 11.1. The Morgan fingerprint density at radius 2 is 1.96 bits per heavy atom. The highest BCUT2D eigenvalue weighted by atomic mass is 32.2. The number of nitrogens with zero attached hydrogens (tertiary/aromatic N) is 3. The zero-order valence-corrected chi connectivity index (χ0v) is 17.2. The third-order valence-corrected chi connectivity index (χ3v) is 6.21. The molecule has 1 heterocycles. The second-order valence-electron chi connectivity index (χ2n) is 7.08. The predicted molar refractivity (Wildman–Crippen MR) is 108 cm³/mol. The molecule has 0 saturated carbocycles. The fourth-order valence-corrected chi connectivity index (χ4v) is 4.10. The highest BCUT2D eigenvalue weighted by Crippen LogP contribution is 2.19. The van der Waals surface area contributed by atoms with Crippen molar-refractivity contribution in [3.63, 3.8) is 0 Å². The SMILES string of the molecule is CCNC(=NCC1CCN(S(C)(=O)=O)CC1)N(C)Cc1ccccc1C. The number of aliphatic imine (C=N–C) groups is 1. The molecule has 2 rings (SSSR count). The molecule has 26 heavy (non-hydrogen) atoms. The van der Waals surface area contributed by atoms with E-state index in [1.165, 1.54) is 17.4 Å². The Bertz CT molecular complexity index is 710. The third-order valence-electron chi connectivity index (χ3n) is 4.91. The second kappa shape index (κ2) is 9.37. The van der Waals surface area contributed by atoms with E-state index in [1.807, 2.05) is 0 Å². The summed E-state index contributed by atoms with van der Waals surface area (Å²) in [5.74, 6) is 1.34. The van der Waals surface area contributed by atoms with Gasteiger partial charge in [-0.15, -0.1) is 0 Å². The molecule has 146 valence electrons. The standard InChI is InChI=1S/C19H32N4O2S/c1-5-20-19(22(3)15-18-9-7-6-8-16(18)2)21-14-17-10-12-23(13-11-17)26(4,24)25/h6-9,17H,5,10-15H2,1-4H3,(H,20,21). The Kier molecular flexibility index (Phi) is 7.46. The normalized spacial score (nSPS) is 17.3. The van der Waals surface area contributed by atoms with Crippen molar-refractivity contribution >= 4 is 16.0 Å². The Labute approximate surface area is 158 Å². The van der Waals surface area contributed by atoms with Gasteiger partial charge in [-0.1, -0.05) is 24.3 Å². The summed E-state index contributed by atoms with van der Waals surface area (Å²) >= 11 is 0. The minimum Gasteiger partial charge on any atom is -0.357 e. The number of nitrogens with one attached hydrogen (secondary N) is 1. The fraction of sp³-hybridized carbons (Fsp3) is 0.632. The molecule has 1 saturated heterocycles. The molecule has 1 aromatic rings. The first-order valence-electron chi connectivity index (χ1n) is 9.30. The molecule has 6 nitrogen and oxygen atoms in total. The van der Waals surface area contributed by atoms with E-state index in [2.05, 4.69) is 55.4 Å². The van der Waals surface area contributed by atoms with Gasteiger partial charge in [0.1, 0.15) is 0 Å². The number of guanidine groups is 1. The van der Waals surface area contributed by atoms with E-state index >= 15 is 0 Å². The minimum atomic E-state index is -3.06. The van der Waals surface area contributed by atoms with Crippen LogP contribution in [0.4, 0.5) is 0 Å². The van der Waals surface area contributed by atoms with Gasteiger partial charge in [0, 0.05) is 39.8 Å². The van der Waals surface area contributed by atoms with Crippen LogP contribution in [0.15, 0.2) is 29.3 Å². The van der Waals surface area contributed by atoms with Crippen molar-refractivity contribution in [2.24, 2.45) is 10.9 Å². The fourth-order valence-electron chi connectivity index (χ4n) is 3.23.